The van der Waals surface area contributed by atoms with Crippen molar-refractivity contribution >= 4 is 28.6 Å². The quantitative estimate of drug-likeness (QED) is 0.430. The summed E-state index contributed by atoms with van der Waals surface area (Å²) < 4.78 is 10.8. The number of nitrogens with one attached hydrogen (secondary N) is 1. The molecule has 1 heterocycles. The summed E-state index contributed by atoms with van der Waals surface area (Å²) in [5, 5.41) is 15.7. The van der Waals surface area contributed by atoms with E-state index in [0.717, 1.165) is 22.4 Å². The van der Waals surface area contributed by atoms with Crippen LogP contribution in [0.2, 0.25) is 0 Å². The van der Waals surface area contributed by atoms with E-state index in [0.29, 0.717) is 17.2 Å². The third-order valence-corrected chi connectivity index (χ3v) is 5.23. The standard InChI is InChI=1S/C21H20N2O5S/c1-13-4-7-19(14(2)8-13)28-11-15-9-20(29-12-15)21(24)22-17-6-5-16(27-3)10-18(17)23(25)26/h4-10,12H,11H2,1-3H3,(H,22,24). The van der Waals surface area contributed by atoms with Gasteiger partial charge in [0, 0.05) is 5.56 Å². The molecule has 0 saturated carbocycles. The Balaban J connectivity index is 1.69. The van der Waals surface area contributed by atoms with Crippen molar-refractivity contribution in [2.24, 2.45) is 0 Å². The molecular weight excluding hydrogens is 392 g/mol. The topological polar surface area (TPSA) is 90.7 Å². The Kier molecular flexibility index (Phi) is 6.13. The van der Waals surface area contributed by atoms with E-state index in [4.69, 9.17) is 9.47 Å². The van der Waals surface area contributed by atoms with Crippen LogP contribution in [0, 0.1) is 24.0 Å². The molecule has 3 rings (SSSR count). The second kappa shape index (κ2) is 8.74. The minimum atomic E-state index is -0.560. The highest BCUT2D eigenvalue weighted by Crippen LogP contribution is 2.30. The number of rotatable bonds is 7. The zero-order valence-corrected chi connectivity index (χ0v) is 17.0. The van der Waals surface area contributed by atoms with Crippen molar-refractivity contribution in [1.82, 2.24) is 0 Å². The number of aryl methyl sites for hydroxylation is 2. The summed E-state index contributed by atoms with van der Waals surface area (Å²) in [6.07, 6.45) is 0. The summed E-state index contributed by atoms with van der Waals surface area (Å²) in [7, 11) is 1.42. The van der Waals surface area contributed by atoms with Gasteiger partial charge in [-0.1, -0.05) is 17.7 Å². The molecule has 2 aromatic carbocycles. The molecular formula is C21H20N2O5S. The molecule has 29 heavy (non-hydrogen) atoms. The van der Waals surface area contributed by atoms with Crippen molar-refractivity contribution in [3.63, 3.8) is 0 Å². The van der Waals surface area contributed by atoms with Crippen LogP contribution in [0.25, 0.3) is 0 Å². The number of hydrogen-bond donors (Lipinski definition) is 1. The lowest BCUT2D eigenvalue weighted by Crippen LogP contribution is -2.11. The van der Waals surface area contributed by atoms with Crippen LogP contribution in [0.5, 0.6) is 11.5 Å². The molecule has 0 aliphatic rings. The van der Waals surface area contributed by atoms with Gasteiger partial charge in [-0.15, -0.1) is 11.3 Å². The molecule has 7 nitrogen and oxygen atoms in total. The van der Waals surface area contributed by atoms with Crippen molar-refractivity contribution in [2.45, 2.75) is 20.5 Å². The molecule has 0 saturated heterocycles. The summed E-state index contributed by atoms with van der Waals surface area (Å²) >= 11 is 1.25. The molecule has 1 N–H and O–H groups in total. The number of ether oxygens (including phenoxy) is 2. The first-order valence-electron chi connectivity index (χ1n) is 8.78. The molecule has 0 aliphatic heterocycles. The molecule has 0 aliphatic carbocycles. The van der Waals surface area contributed by atoms with Gasteiger partial charge < -0.3 is 14.8 Å². The van der Waals surface area contributed by atoms with Gasteiger partial charge in [-0.05, 0) is 49.1 Å². The predicted octanol–water partition coefficient (Wildman–Crippen LogP) is 5.11. The van der Waals surface area contributed by atoms with Crippen molar-refractivity contribution in [1.29, 1.82) is 0 Å². The van der Waals surface area contributed by atoms with E-state index in [2.05, 4.69) is 5.32 Å². The fourth-order valence-corrected chi connectivity index (χ4v) is 3.56. The lowest BCUT2D eigenvalue weighted by Gasteiger charge is -2.08. The highest BCUT2D eigenvalue weighted by molar-refractivity contribution is 7.12. The Hall–Kier alpha value is -3.39. The van der Waals surface area contributed by atoms with Gasteiger partial charge in [0.1, 0.15) is 23.8 Å². The third kappa shape index (κ3) is 4.91. The van der Waals surface area contributed by atoms with Gasteiger partial charge >= 0.3 is 0 Å². The molecule has 1 amide bonds. The van der Waals surface area contributed by atoms with Crippen molar-refractivity contribution in [3.8, 4) is 11.5 Å². The van der Waals surface area contributed by atoms with Gasteiger partial charge in [-0.25, -0.2) is 0 Å². The molecule has 0 spiro atoms. The average Bonchev–Trinajstić information content (AvgIpc) is 3.16. The minimum absolute atomic E-state index is 0.113. The zero-order chi connectivity index (χ0) is 21.0. The molecule has 150 valence electrons. The Labute approximate surface area is 172 Å². The Bertz CT molecular complexity index is 1060. The highest BCUT2D eigenvalue weighted by atomic mass is 32.1. The zero-order valence-electron chi connectivity index (χ0n) is 16.2. The highest BCUT2D eigenvalue weighted by Gasteiger charge is 2.19. The SMILES string of the molecule is COc1ccc(NC(=O)c2cc(COc3ccc(C)cc3C)cs2)c([N+](=O)[O-])c1. The number of nitro groups is 1. The normalized spacial score (nSPS) is 10.4. The molecule has 0 unspecified atom stereocenters. The lowest BCUT2D eigenvalue weighted by molar-refractivity contribution is -0.384. The summed E-state index contributed by atoms with van der Waals surface area (Å²) in [6.45, 7) is 4.33. The molecule has 0 bridgehead atoms. The number of nitrogens with zero attached hydrogens (tertiary/aromatic N) is 1. The maximum absolute atomic E-state index is 12.5. The van der Waals surface area contributed by atoms with Crippen LogP contribution < -0.4 is 14.8 Å². The van der Waals surface area contributed by atoms with Crippen LogP contribution in [0.4, 0.5) is 11.4 Å². The number of hydrogen-bond acceptors (Lipinski definition) is 6. The van der Waals surface area contributed by atoms with Gasteiger partial charge in [0.2, 0.25) is 0 Å². The Morgan fingerprint density at radius 1 is 1.17 bits per heavy atom. The molecule has 8 heteroatoms. The van der Waals surface area contributed by atoms with Gasteiger partial charge in [0.15, 0.2) is 0 Å². The molecule has 0 atom stereocenters. The second-order valence-electron chi connectivity index (χ2n) is 6.47. The molecule has 1 aromatic heterocycles. The Morgan fingerprint density at radius 3 is 2.66 bits per heavy atom. The molecule has 3 aromatic rings. The van der Waals surface area contributed by atoms with Gasteiger partial charge in [0.25, 0.3) is 11.6 Å². The van der Waals surface area contributed by atoms with E-state index in [1.165, 1.54) is 30.6 Å². The van der Waals surface area contributed by atoms with Crippen LogP contribution in [0.1, 0.15) is 26.4 Å². The van der Waals surface area contributed by atoms with Crippen molar-refractivity contribution < 1.29 is 19.2 Å². The van der Waals surface area contributed by atoms with E-state index < -0.39 is 10.8 Å². The van der Waals surface area contributed by atoms with E-state index in [1.807, 2.05) is 37.4 Å². The number of thiophene rings is 1. The number of methoxy groups -OCH3 is 1. The van der Waals surface area contributed by atoms with Crippen molar-refractivity contribution in [3.05, 3.63) is 79.5 Å². The smallest absolute Gasteiger partial charge is 0.296 e. The monoisotopic (exact) mass is 412 g/mol. The van der Waals surface area contributed by atoms with Crippen molar-refractivity contribution in [2.75, 3.05) is 12.4 Å². The number of amides is 1. The third-order valence-electron chi connectivity index (χ3n) is 4.25. The van der Waals surface area contributed by atoms with E-state index in [9.17, 15) is 14.9 Å². The van der Waals surface area contributed by atoms with Gasteiger partial charge in [-0.3, -0.25) is 14.9 Å². The maximum Gasteiger partial charge on any atom is 0.296 e. The molecule has 0 radical (unpaired) electrons. The minimum Gasteiger partial charge on any atom is -0.496 e. The van der Waals surface area contributed by atoms with E-state index in [1.54, 1.807) is 12.1 Å². The average molecular weight is 412 g/mol. The summed E-state index contributed by atoms with van der Waals surface area (Å²) in [6, 6.07) is 12.0. The number of nitro benzene ring substituents is 1. The van der Waals surface area contributed by atoms with Gasteiger partial charge in [-0.2, -0.15) is 0 Å². The maximum atomic E-state index is 12.5. The summed E-state index contributed by atoms with van der Waals surface area (Å²) in [5.74, 6) is 0.722. The van der Waals surface area contributed by atoms with Gasteiger partial charge in [0.05, 0.1) is 23.0 Å². The molecule has 0 fully saturated rings. The predicted molar refractivity (Wildman–Crippen MR) is 112 cm³/mol. The van der Waals surface area contributed by atoms with Crippen LogP contribution in [0.3, 0.4) is 0 Å². The van der Waals surface area contributed by atoms with E-state index >= 15 is 0 Å². The van der Waals surface area contributed by atoms with Crippen LogP contribution >= 0.6 is 11.3 Å². The van der Waals surface area contributed by atoms with E-state index in [-0.39, 0.29) is 11.4 Å². The fraction of sp³-hybridized carbons (Fsp3) is 0.190. The first-order valence-corrected chi connectivity index (χ1v) is 9.66. The first-order chi connectivity index (χ1) is 13.9. The summed E-state index contributed by atoms with van der Waals surface area (Å²) in [4.78, 5) is 23.7. The van der Waals surface area contributed by atoms with Crippen LogP contribution in [-0.4, -0.2) is 17.9 Å². The lowest BCUT2D eigenvalue weighted by atomic mass is 10.1. The van der Waals surface area contributed by atoms with Crippen LogP contribution in [-0.2, 0) is 6.61 Å². The second-order valence-corrected chi connectivity index (χ2v) is 7.38. The first kappa shape index (κ1) is 20.3. The number of carbonyl (C=O) groups excluding carboxylic acids is 1. The number of benzene rings is 2. The summed E-state index contributed by atoms with van der Waals surface area (Å²) in [5.41, 5.74) is 2.95. The van der Waals surface area contributed by atoms with Crippen LogP contribution in [0.15, 0.2) is 47.8 Å². The number of anilines is 1. The number of carbonyl (C=O) groups is 1. The largest absolute Gasteiger partial charge is 0.496 e. The Morgan fingerprint density at radius 2 is 1.97 bits per heavy atom. The fourth-order valence-electron chi connectivity index (χ4n) is 2.77.